The third kappa shape index (κ3) is 3.17. The number of phenols is 1. The molecule has 1 heterocycles. The van der Waals surface area contributed by atoms with Gasteiger partial charge in [0.15, 0.2) is 0 Å². The Kier molecular flexibility index (Phi) is 3.64. The number of piperazine rings is 1. The van der Waals surface area contributed by atoms with Crippen LogP contribution in [0.1, 0.15) is 19.4 Å². The molecule has 0 aliphatic carbocycles. The number of benzene rings is 1. The third-order valence-electron chi connectivity index (χ3n) is 3.22. The van der Waals surface area contributed by atoms with Gasteiger partial charge >= 0.3 is 0 Å². The van der Waals surface area contributed by atoms with Gasteiger partial charge in [0.25, 0.3) is 0 Å². The molecule has 94 valence electrons. The van der Waals surface area contributed by atoms with E-state index in [0.29, 0.717) is 18.6 Å². The first-order chi connectivity index (χ1) is 8.04. The molecule has 17 heavy (non-hydrogen) atoms. The van der Waals surface area contributed by atoms with Gasteiger partial charge in [-0.3, -0.25) is 4.90 Å². The molecule has 0 spiro atoms. The molecule has 1 aliphatic heterocycles. The van der Waals surface area contributed by atoms with Crippen LogP contribution >= 0.6 is 0 Å². The summed E-state index contributed by atoms with van der Waals surface area (Å²) in [5.41, 5.74) is 0.823. The SMILES string of the molecule is CC1CN(Cc2cc(O)cc(F)c2)C(C)CN1. The molecule has 0 amide bonds. The topological polar surface area (TPSA) is 35.5 Å². The summed E-state index contributed by atoms with van der Waals surface area (Å²) in [7, 11) is 0. The summed E-state index contributed by atoms with van der Waals surface area (Å²) in [6, 6.07) is 5.12. The van der Waals surface area contributed by atoms with Crippen LogP contribution in [0.25, 0.3) is 0 Å². The second-order valence-electron chi connectivity index (χ2n) is 4.91. The molecular weight excluding hydrogens is 219 g/mol. The van der Waals surface area contributed by atoms with Crippen molar-refractivity contribution in [2.45, 2.75) is 32.5 Å². The van der Waals surface area contributed by atoms with Crippen molar-refractivity contribution < 1.29 is 9.50 Å². The summed E-state index contributed by atoms with van der Waals surface area (Å²) in [5.74, 6) is -0.383. The predicted octanol–water partition coefficient (Wildman–Crippen LogP) is 1.71. The van der Waals surface area contributed by atoms with E-state index in [1.54, 1.807) is 6.07 Å². The second-order valence-corrected chi connectivity index (χ2v) is 4.91. The molecule has 1 aliphatic rings. The fraction of sp³-hybridized carbons (Fsp3) is 0.538. The Morgan fingerprint density at radius 3 is 2.88 bits per heavy atom. The molecule has 1 saturated heterocycles. The van der Waals surface area contributed by atoms with Crippen molar-refractivity contribution in [3.63, 3.8) is 0 Å². The minimum Gasteiger partial charge on any atom is -0.508 e. The van der Waals surface area contributed by atoms with Gasteiger partial charge in [0, 0.05) is 37.8 Å². The van der Waals surface area contributed by atoms with Crippen LogP contribution in [0.3, 0.4) is 0 Å². The average Bonchev–Trinajstić information content (AvgIpc) is 2.22. The van der Waals surface area contributed by atoms with Gasteiger partial charge in [0.2, 0.25) is 0 Å². The van der Waals surface area contributed by atoms with E-state index in [4.69, 9.17) is 0 Å². The Balaban J connectivity index is 2.08. The lowest BCUT2D eigenvalue weighted by Crippen LogP contribution is -2.53. The van der Waals surface area contributed by atoms with Gasteiger partial charge in [-0.25, -0.2) is 4.39 Å². The van der Waals surface area contributed by atoms with E-state index in [1.165, 1.54) is 6.07 Å². The number of rotatable bonds is 2. The smallest absolute Gasteiger partial charge is 0.127 e. The molecule has 1 aromatic rings. The minimum atomic E-state index is -0.379. The van der Waals surface area contributed by atoms with Gasteiger partial charge in [-0.15, -0.1) is 0 Å². The lowest BCUT2D eigenvalue weighted by Gasteiger charge is -2.37. The van der Waals surface area contributed by atoms with Gasteiger partial charge in [0.1, 0.15) is 11.6 Å². The first-order valence-corrected chi connectivity index (χ1v) is 6.00. The van der Waals surface area contributed by atoms with Crippen LogP contribution in [0.15, 0.2) is 18.2 Å². The third-order valence-corrected chi connectivity index (χ3v) is 3.22. The molecule has 2 rings (SSSR count). The van der Waals surface area contributed by atoms with Crippen LogP contribution in [0.5, 0.6) is 5.75 Å². The Labute approximate surface area is 101 Å². The summed E-state index contributed by atoms with van der Waals surface area (Å²) in [6.45, 7) is 6.86. The first kappa shape index (κ1) is 12.3. The number of hydrogen-bond acceptors (Lipinski definition) is 3. The van der Waals surface area contributed by atoms with Crippen molar-refractivity contribution in [3.8, 4) is 5.75 Å². The fourth-order valence-corrected chi connectivity index (χ4v) is 2.28. The zero-order chi connectivity index (χ0) is 12.4. The largest absolute Gasteiger partial charge is 0.508 e. The van der Waals surface area contributed by atoms with E-state index in [1.807, 2.05) is 0 Å². The molecule has 0 saturated carbocycles. The van der Waals surface area contributed by atoms with Gasteiger partial charge in [0.05, 0.1) is 0 Å². The summed E-state index contributed by atoms with van der Waals surface area (Å²) >= 11 is 0. The van der Waals surface area contributed by atoms with Crippen LogP contribution in [0.2, 0.25) is 0 Å². The average molecular weight is 238 g/mol. The molecule has 0 aromatic heterocycles. The summed E-state index contributed by atoms with van der Waals surface area (Å²) in [4.78, 5) is 2.30. The van der Waals surface area contributed by atoms with Crippen LogP contribution in [0, 0.1) is 5.82 Å². The number of aromatic hydroxyl groups is 1. The summed E-state index contributed by atoms with van der Waals surface area (Å²) in [5, 5.41) is 12.8. The Morgan fingerprint density at radius 2 is 2.18 bits per heavy atom. The van der Waals surface area contributed by atoms with E-state index in [0.717, 1.165) is 24.7 Å². The highest BCUT2D eigenvalue weighted by atomic mass is 19.1. The van der Waals surface area contributed by atoms with Crippen molar-refractivity contribution in [3.05, 3.63) is 29.6 Å². The Hall–Kier alpha value is -1.13. The molecule has 2 unspecified atom stereocenters. The molecule has 2 N–H and O–H groups in total. The van der Waals surface area contributed by atoms with Crippen molar-refractivity contribution in [2.24, 2.45) is 0 Å². The van der Waals surface area contributed by atoms with Crippen molar-refractivity contribution in [1.29, 1.82) is 0 Å². The predicted molar refractivity (Wildman–Crippen MR) is 65.4 cm³/mol. The Morgan fingerprint density at radius 1 is 1.41 bits per heavy atom. The van der Waals surface area contributed by atoms with Gasteiger partial charge in [-0.1, -0.05) is 0 Å². The molecule has 1 fully saturated rings. The molecule has 3 nitrogen and oxygen atoms in total. The first-order valence-electron chi connectivity index (χ1n) is 6.00. The molecule has 4 heteroatoms. The maximum absolute atomic E-state index is 13.2. The minimum absolute atomic E-state index is 0.00386. The van der Waals surface area contributed by atoms with E-state index in [2.05, 4.69) is 24.1 Å². The molecule has 0 radical (unpaired) electrons. The maximum Gasteiger partial charge on any atom is 0.127 e. The maximum atomic E-state index is 13.2. The monoisotopic (exact) mass is 238 g/mol. The van der Waals surface area contributed by atoms with E-state index < -0.39 is 0 Å². The van der Waals surface area contributed by atoms with Crippen LogP contribution in [-0.4, -0.2) is 35.2 Å². The second kappa shape index (κ2) is 5.02. The van der Waals surface area contributed by atoms with Crippen molar-refractivity contribution >= 4 is 0 Å². The van der Waals surface area contributed by atoms with Gasteiger partial charge < -0.3 is 10.4 Å². The molecular formula is C13H19FN2O. The number of nitrogens with one attached hydrogen (secondary N) is 1. The van der Waals surface area contributed by atoms with E-state index in [9.17, 15) is 9.50 Å². The van der Waals surface area contributed by atoms with Gasteiger partial charge in [-0.05, 0) is 31.5 Å². The lowest BCUT2D eigenvalue weighted by atomic mass is 10.1. The summed E-state index contributed by atoms with van der Waals surface area (Å²) in [6.07, 6.45) is 0. The molecule has 2 atom stereocenters. The lowest BCUT2D eigenvalue weighted by molar-refractivity contribution is 0.138. The quantitative estimate of drug-likeness (QED) is 0.823. The van der Waals surface area contributed by atoms with E-state index >= 15 is 0 Å². The number of phenolic OH excluding ortho intramolecular Hbond substituents is 1. The van der Waals surface area contributed by atoms with Gasteiger partial charge in [-0.2, -0.15) is 0 Å². The summed E-state index contributed by atoms with van der Waals surface area (Å²) < 4.78 is 13.2. The van der Waals surface area contributed by atoms with Crippen LogP contribution in [0.4, 0.5) is 4.39 Å². The van der Waals surface area contributed by atoms with E-state index in [-0.39, 0.29) is 11.6 Å². The highest BCUT2D eigenvalue weighted by molar-refractivity contribution is 5.28. The fourth-order valence-electron chi connectivity index (χ4n) is 2.28. The Bertz CT molecular complexity index is 377. The highest BCUT2D eigenvalue weighted by Crippen LogP contribution is 2.18. The molecule has 0 bridgehead atoms. The van der Waals surface area contributed by atoms with Crippen LogP contribution < -0.4 is 5.32 Å². The number of hydrogen-bond donors (Lipinski definition) is 2. The highest BCUT2D eigenvalue weighted by Gasteiger charge is 2.22. The zero-order valence-corrected chi connectivity index (χ0v) is 10.3. The molecule has 1 aromatic carbocycles. The van der Waals surface area contributed by atoms with Crippen molar-refractivity contribution in [2.75, 3.05) is 13.1 Å². The standard InChI is InChI=1S/C13H19FN2O/c1-9-7-16(10(2)6-15-9)8-11-3-12(14)5-13(17)4-11/h3-5,9-10,15,17H,6-8H2,1-2H3. The zero-order valence-electron chi connectivity index (χ0n) is 10.3. The normalized spacial score (nSPS) is 26.1. The number of halogens is 1. The van der Waals surface area contributed by atoms with Crippen LogP contribution in [-0.2, 0) is 6.54 Å². The van der Waals surface area contributed by atoms with Crippen molar-refractivity contribution in [1.82, 2.24) is 10.2 Å². The number of nitrogens with zero attached hydrogens (tertiary/aromatic N) is 1.